The summed E-state index contributed by atoms with van der Waals surface area (Å²) in [6.07, 6.45) is -1.97. The summed E-state index contributed by atoms with van der Waals surface area (Å²) in [4.78, 5) is 11.3. The summed E-state index contributed by atoms with van der Waals surface area (Å²) >= 11 is 0. The molecule has 0 atom stereocenters. The van der Waals surface area contributed by atoms with E-state index in [0.29, 0.717) is 12.5 Å². The number of hydrogen-bond acceptors (Lipinski definition) is 3. The Balaban J connectivity index is 2.31. The van der Waals surface area contributed by atoms with Gasteiger partial charge in [-0.3, -0.25) is 0 Å². The summed E-state index contributed by atoms with van der Waals surface area (Å²) in [5.41, 5.74) is -0.376. The van der Waals surface area contributed by atoms with E-state index in [2.05, 4.69) is 5.32 Å². The van der Waals surface area contributed by atoms with Crippen molar-refractivity contribution in [3.8, 4) is 0 Å². The van der Waals surface area contributed by atoms with Crippen LogP contribution in [-0.4, -0.2) is 6.54 Å². The van der Waals surface area contributed by atoms with Gasteiger partial charge in [-0.15, -0.1) is 0 Å². The molecule has 2 heterocycles. The van der Waals surface area contributed by atoms with Gasteiger partial charge in [-0.05, 0) is 30.9 Å². The molecule has 0 spiro atoms. The van der Waals surface area contributed by atoms with Gasteiger partial charge in [0.1, 0.15) is 5.58 Å². The second kappa shape index (κ2) is 4.54. The number of fused-ring (bicyclic) bond motifs is 2. The number of alkyl halides is 3. The highest BCUT2D eigenvalue weighted by molar-refractivity contribution is 5.85. The van der Waals surface area contributed by atoms with Crippen molar-refractivity contribution in [1.29, 1.82) is 0 Å². The summed E-state index contributed by atoms with van der Waals surface area (Å²) < 4.78 is 44.0. The van der Waals surface area contributed by atoms with Gasteiger partial charge in [-0.2, -0.15) is 13.2 Å². The third kappa shape index (κ3) is 2.26. The highest BCUT2D eigenvalue weighted by Gasteiger charge is 2.34. The van der Waals surface area contributed by atoms with Crippen LogP contribution in [0.15, 0.2) is 27.4 Å². The van der Waals surface area contributed by atoms with Gasteiger partial charge in [-0.25, -0.2) is 4.79 Å². The largest absolute Gasteiger partial charge is 0.423 e. The molecule has 0 fully saturated rings. The molecular weight excluding hydrogens is 271 g/mol. The highest BCUT2D eigenvalue weighted by atomic mass is 19.4. The first-order chi connectivity index (χ1) is 9.45. The molecule has 0 radical (unpaired) electrons. The van der Waals surface area contributed by atoms with Crippen molar-refractivity contribution in [2.45, 2.75) is 25.4 Å². The Morgan fingerprint density at radius 1 is 1.15 bits per heavy atom. The first kappa shape index (κ1) is 13.0. The molecule has 0 saturated carbocycles. The van der Waals surface area contributed by atoms with Crippen LogP contribution in [0.2, 0.25) is 0 Å². The molecule has 1 aromatic heterocycles. The Morgan fingerprint density at radius 3 is 2.70 bits per heavy atom. The number of nitrogens with one attached hydrogen (secondary N) is 1. The van der Waals surface area contributed by atoms with Gasteiger partial charge in [-0.1, -0.05) is 0 Å². The molecule has 0 aliphatic carbocycles. The van der Waals surface area contributed by atoms with Gasteiger partial charge in [0.15, 0.2) is 0 Å². The van der Waals surface area contributed by atoms with Gasteiger partial charge < -0.3 is 9.73 Å². The van der Waals surface area contributed by atoms with Crippen LogP contribution in [0.3, 0.4) is 0 Å². The van der Waals surface area contributed by atoms with Crippen molar-refractivity contribution in [3.63, 3.8) is 0 Å². The second-order valence-corrected chi connectivity index (χ2v) is 4.87. The topological polar surface area (TPSA) is 42.2 Å². The molecule has 0 unspecified atom stereocenters. The maximum absolute atomic E-state index is 13.0. The fourth-order valence-corrected chi connectivity index (χ4v) is 2.52. The normalized spacial score (nSPS) is 15.6. The number of rotatable bonds is 0. The Morgan fingerprint density at radius 2 is 1.95 bits per heavy atom. The molecule has 0 amide bonds. The van der Waals surface area contributed by atoms with E-state index in [-0.39, 0.29) is 11.0 Å². The number of anilines is 1. The van der Waals surface area contributed by atoms with E-state index in [1.54, 1.807) is 0 Å². The Hall–Kier alpha value is -1.98. The first-order valence-corrected chi connectivity index (χ1v) is 6.37. The zero-order valence-corrected chi connectivity index (χ0v) is 10.5. The molecule has 20 heavy (non-hydrogen) atoms. The number of benzene rings is 1. The summed E-state index contributed by atoms with van der Waals surface area (Å²) in [7, 11) is 0. The van der Waals surface area contributed by atoms with Crippen molar-refractivity contribution in [2.75, 3.05) is 11.9 Å². The van der Waals surface area contributed by atoms with Gasteiger partial charge in [0.25, 0.3) is 0 Å². The minimum Gasteiger partial charge on any atom is -0.423 e. The fraction of sp³-hybridized carbons (Fsp3) is 0.357. The molecule has 0 saturated heterocycles. The van der Waals surface area contributed by atoms with E-state index < -0.39 is 17.4 Å². The van der Waals surface area contributed by atoms with Crippen LogP contribution in [0.1, 0.15) is 24.0 Å². The SMILES string of the molecule is O=c1cc(C(F)(F)F)c2cc3c(cc2o1)NCCCC3. The maximum atomic E-state index is 13.0. The van der Waals surface area contributed by atoms with E-state index >= 15 is 0 Å². The summed E-state index contributed by atoms with van der Waals surface area (Å²) in [6.45, 7) is 0.766. The molecule has 3 nitrogen and oxygen atoms in total. The lowest BCUT2D eigenvalue weighted by Gasteiger charge is -2.13. The zero-order chi connectivity index (χ0) is 14.3. The molecule has 1 N–H and O–H groups in total. The molecule has 1 aliphatic heterocycles. The van der Waals surface area contributed by atoms with Gasteiger partial charge in [0.05, 0.1) is 5.56 Å². The third-order valence-corrected chi connectivity index (χ3v) is 3.46. The minimum absolute atomic E-state index is 0.0297. The van der Waals surface area contributed by atoms with Crippen LogP contribution in [0, 0.1) is 0 Å². The summed E-state index contributed by atoms with van der Waals surface area (Å²) in [6, 6.07) is 3.49. The molecular formula is C14H12F3NO2. The van der Waals surface area contributed by atoms with E-state index in [9.17, 15) is 18.0 Å². The van der Waals surface area contributed by atoms with Gasteiger partial charge >= 0.3 is 11.8 Å². The second-order valence-electron chi connectivity index (χ2n) is 4.87. The van der Waals surface area contributed by atoms with Crippen molar-refractivity contribution in [2.24, 2.45) is 0 Å². The Bertz CT molecular complexity index is 719. The van der Waals surface area contributed by atoms with Gasteiger partial charge in [0, 0.05) is 29.8 Å². The first-order valence-electron chi connectivity index (χ1n) is 6.37. The van der Waals surface area contributed by atoms with Crippen molar-refractivity contribution >= 4 is 16.7 Å². The number of hydrogen-bond donors (Lipinski definition) is 1. The van der Waals surface area contributed by atoms with E-state index in [4.69, 9.17) is 4.42 Å². The van der Waals surface area contributed by atoms with Crippen molar-refractivity contribution in [3.05, 3.63) is 39.7 Å². The fourth-order valence-electron chi connectivity index (χ4n) is 2.52. The average molecular weight is 283 g/mol. The van der Waals surface area contributed by atoms with Crippen LogP contribution in [0.4, 0.5) is 18.9 Å². The molecule has 1 aromatic carbocycles. The molecule has 0 bridgehead atoms. The average Bonchev–Trinajstić information content (AvgIpc) is 2.58. The quantitative estimate of drug-likeness (QED) is 0.752. The monoisotopic (exact) mass is 283 g/mol. The predicted molar refractivity (Wildman–Crippen MR) is 68.9 cm³/mol. The number of halogens is 3. The zero-order valence-electron chi connectivity index (χ0n) is 10.5. The molecule has 106 valence electrons. The van der Waals surface area contributed by atoms with Crippen LogP contribution >= 0.6 is 0 Å². The lowest BCUT2D eigenvalue weighted by atomic mass is 10.0. The molecule has 2 aromatic rings. The molecule has 1 aliphatic rings. The van der Waals surface area contributed by atoms with Crippen molar-refractivity contribution in [1.82, 2.24) is 0 Å². The van der Waals surface area contributed by atoms with E-state index in [0.717, 1.165) is 30.6 Å². The number of aryl methyl sites for hydroxylation is 1. The predicted octanol–water partition coefficient (Wildman–Crippen LogP) is 3.56. The van der Waals surface area contributed by atoms with E-state index in [1.165, 1.54) is 12.1 Å². The van der Waals surface area contributed by atoms with Crippen LogP contribution in [0.5, 0.6) is 0 Å². The Kier molecular flexibility index (Phi) is 2.96. The minimum atomic E-state index is -4.57. The van der Waals surface area contributed by atoms with Crippen molar-refractivity contribution < 1.29 is 17.6 Å². The maximum Gasteiger partial charge on any atom is 0.417 e. The van der Waals surface area contributed by atoms with E-state index in [1.807, 2.05) is 0 Å². The highest BCUT2D eigenvalue weighted by Crippen LogP contribution is 2.36. The lowest BCUT2D eigenvalue weighted by molar-refractivity contribution is -0.136. The molecule has 6 heteroatoms. The standard InChI is InChI=1S/C14H12F3NO2/c15-14(16,17)10-6-13(19)20-12-7-11-8(5-9(10)12)3-1-2-4-18-11/h5-7,18H,1-4H2. The third-order valence-electron chi connectivity index (χ3n) is 3.46. The lowest BCUT2D eigenvalue weighted by Crippen LogP contribution is -2.11. The van der Waals surface area contributed by atoms with Crippen LogP contribution < -0.4 is 10.9 Å². The van der Waals surface area contributed by atoms with Crippen LogP contribution in [0.25, 0.3) is 11.0 Å². The molecule has 3 rings (SSSR count). The summed E-state index contributed by atoms with van der Waals surface area (Å²) in [5.74, 6) is 0. The Labute approximate surface area is 112 Å². The van der Waals surface area contributed by atoms with Crippen LogP contribution in [-0.2, 0) is 12.6 Å². The summed E-state index contributed by atoms with van der Waals surface area (Å²) in [5, 5.41) is 3.10. The van der Waals surface area contributed by atoms with Gasteiger partial charge in [0.2, 0.25) is 0 Å². The smallest absolute Gasteiger partial charge is 0.417 e.